The quantitative estimate of drug-likeness (QED) is 0.636. The minimum Gasteiger partial charge on any atom is -0.493 e. The Bertz CT molecular complexity index is 310. The molecule has 0 saturated carbocycles. The molecule has 1 aromatic carbocycles. The number of fused-ring (bicyclic) bond motifs is 1. The van der Waals surface area contributed by atoms with Crippen molar-refractivity contribution in [1.82, 2.24) is 0 Å². The first-order valence-corrected chi connectivity index (χ1v) is 3.90. The highest BCUT2D eigenvalue weighted by Gasteiger charge is 2.17. The molecule has 0 atom stereocenters. The number of hydrogen-bond acceptors (Lipinski definition) is 3. The summed E-state index contributed by atoms with van der Waals surface area (Å²) in [7, 11) is 1.62. The molecule has 3 heteroatoms. The second kappa shape index (κ2) is 2.59. The van der Waals surface area contributed by atoms with E-state index in [1.165, 1.54) is 0 Å². The Morgan fingerprint density at radius 3 is 3.08 bits per heavy atom. The number of rotatable bonds is 1. The fourth-order valence-corrected chi connectivity index (χ4v) is 1.45. The van der Waals surface area contributed by atoms with Crippen LogP contribution in [0.4, 0.5) is 5.69 Å². The van der Waals surface area contributed by atoms with E-state index in [-0.39, 0.29) is 0 Å². The van der Waals surface area contributed by atoms with Crippen LogP contribution in [0.2, 0.25) is 0 Å². The topological polar surface area (TPSA) is 44.5 Å². The molecule has 0 radical (unpaired) electrons. The molecule has 2 rings (SSSR count). The summed E-state index contributed by atoms with van der Waals surface area (Å²) < 4.78 is 10.5. The van der Waals surface area contributed by atoms with E-state index in [0.29, 0.717) is 0 Å². The second-order valence-electron chi connectivity index (χ2n) is 2.81. The lowest BCUT2D eigenvalue weighted by Crippen LogP contribution is -1.92. The summed E-state index contributed by atoms with van der Waals surface area (Å²) in [5.74, 6) is 1.59. The minimum atomic E-state index is 0.731. The summed E-state index contributed by atoms with van der Waals surface area (Å²) in [6.45, 7) is 0.731. The maximum Gasteiger partial charge on any atom is 0.164 e. The number of benzene rings is 1. The maximum absolute atomic E-state index is 5.67. The molecule has 3 nitrogen and oxygen atoms in total. The number of hydrogen-bond donors (Lipinski definition) is 1. The van der Waals surface area contributed by atoms with Crippen molar-refractivity contribution >= 4 is 5.69 Å². The summed E-state index contributed by atoms with van der Waals surface area (Å²) in [4.78, 5) is 0. The number of nitrogen functional groups attached to an aromatic ring is 1. The van der Waals surface area contributed by atoms with Gasteiger partial charge in [0.05, 0.1) is 13.7 Å². The van der Waals surface area contributed by atoms with Crippen LogP contribution in [0, 0.1) is 0 Å². The first kappa shape index (κ1) is 7.28. The van der Waals surface area contributed by atoms with E-state index in [1.54, 1.807) is 13.2 Å². The first-order chi connectivity index (χ1) is 5.81. The molecule has 0 aromatic heterocycles. The molecule has 1 aliphatic rings. The predicted molar refractivity (Wildman–Crippen MR) is 46.6 cm³/mol. The Labute approximate surface area is 71.1 Å². The Morgan fingerprint density at radius 1 is 1.50 bits per heavy atom. The molecule has 1 aromatic rings. The molecular weight excluding hydrogens is 154 g/mol. The van der Waals surface area contributed by atoms with Crippen LogP contribution >= 0.6 is 0 Å². The third-order valence-corrected chi connectivity index (χ3v) is 1.99. The predicted octanol–water partition coefficient (Wildman–Crippen LogP) is 1.21. The van der Waals surface area contributed by atoms with Crippen LogP contribution in [0.25, 0.3) is 0 Å². The average Bonchev–Trinajstić information content (AvgIpc) is 2.50. The van der Waals surface area contributed by atoms with Gasteiger partial charge in [0, 0.05) is 23.7 Å². The summed E-state index contributed by atoms with van der Waals surface area (Å²) in [6, 6.07) is 3.72. The fourth-order valence-electron chi connectivity index (χ4n) is 1.45. The van der Waals surface area contributed by atoms with Crippen LogP contribution in [-0.4, -0.2) is 13.7 Å². The molecule has 0 aliphatic carbocycles. The fraction of sp³-hybridized carbons (Fsp3) is 0.333. The van der Waals surface area contributed by atoms with E-state index >= 15 is 0 Å². The zero-order chi connectivity index (χ0) is 8.55. The molecule has 0 spiro atoms. The molecule has 0 unspecified atom stereocenters. The lowest BCUT2D eigenvalue weighted by Gasteiger charge is -2.06. The van der Waals surface area contributed by atoms with Crippen LogP contribution in [0.3, 0.4) is 0 Å². The van der Waals surface area contributed by atoms with Gasteiger partial charge in [0.15, 0.2) is 11.5 Å². The molecule has 1 heterocycles. The standard InChI is InChI=1S/C9H11NO2/c1-11-8-5-7(10)4-6-2-3-12-9(6)8/h4-5H,2-3,10H2,1H3. The first-order valence-electron chi connectivity index (χ1n) is 3.90. The highest BCUT2D eigenvalue weighted by atomic mass is 16.5. The third kappa shape index (κ3) is 0.978. The van der Waals surface area contributed by atoms with Gasteiger partial charge >= 0.3 is 0 Å². The highest BCUT2D eigenvalue weighted by molar-refractivity contribution is 5.58. The molecule has 0 bridgehead atoms. The van der Waals surface area contributed by atoms with Crippen molar-refractivity contribution in [3.05, 3.63) is 17.7 Å². The van der Waals surface area contributed by atoms with Crippen LogP contribution in [-0.2, 0) is 6.42 Å². The number of anilines is 1. The van der Waals surface area contributed by atoms with Crippen molar-refractivity contribution < 1.29 is 9.47 Å². The van der Waals surface area contributed by atoms with Crippen molar-refractivity contribution in [2.75, 3.05) is 19.5 Å². The van der Waals surface area contributed by atoms with Gasteiger partial charge in [0.2, 0.25) is 0 Å². The van der Waals surface area contributed by atoms with Gasteiger partial charge in [-0.3, -0.25) is 0 Å². The molecular formula is C9H11NO2. The number of nitrogens with two attached hydrogens (primary N) is 1. The summed E-state index contributed by atoms with van der Waals surface area (Å²) in [5.41, 5.74) is 7.55. The van der Waals surface area contributed by atoms with E-state index in [9.17, 15) is 0 Å². The van der Waals surface area contributed by atoms with Gasteiger partial charge in [-0.1, -0.05) is 0 Å². The molecule has 2 N–H and O–H groups in total. The van der Waals surface area contributed by atoms with Gasteiger partial charge in [0.25, 0.3) is 0 Å². The minimum absolute atomic E-state index is 0.731. The normalized spacial score (nSPS) is 13.8. The molecule has 0 saturated heterocycles. The van der Waals surface area contributed by atoms with Crippen molar-refractivity contribution in [2.24, 2.45) is 0 Å². The SMILES string of the molecule is COc1cc(N)cc2c1OCC2. The highest BCUT2D eigenvalue weighted by Crippen LogP contribution is 2.37. The van der Waals surface area contributed by atoms with Gasteiger partial charge in [-0.15, -0.1) is 0 Å². The van der Waals surface area contributed by atoms with E-state index in [4.69, 9.17) is 15.2 Å². The van der Waals surface area contributed by atoms with E-state index in [1.807, 2.05) is 6.07 Å². The van der Waals surface area contributed by atoms with Gasteiger partial charge < -0.3 is 15.2 Å². The summed E-state index contributed by atoms with van der Waals surface area (Å²) in [5, 5.41) is 0. The lowest BCUT2D eigenvalue weighted by molar-refractivity contribution is 0.326. The van der Waals surface area contributed by atoms with Crippen LogP contribution in [0.5, 0.6) is 11.5 Å². The van der Waals surface area contributed by atoms with Crippen molar-refractivity contribution in [1.29, 1.82) is 0 Å². The molecule has 0 amide bonds. The Kier molecular flexibility index (Phi) is 1.57. The van der Waals surface area contributed by atoms with Crippen LogP contribution < -0.4 is 15.2 Å². The van der Waals surface area contributed by atoms with Crippen molar-refractivity contribution in [2.45, 2.75) is 6.42 Å². The Balaban J connectivity index is 2.55. The van der Waals surface area contributed by atoms with Crippen LogP contribution in [0.15, 0.2) is 12.1 Å². The molecule has 1 aliphatic heterocycles. The largest absolute Gasteiger partial charge is 0.493 e. The summed E-state index contributed by atoms with van der Waals surface area (Å²) >= 11 is 0. The third-order valence-electron chi connectivity index (χ3n) is 1.99. The molecule has 0 fully saturated rings. The molecule has 12 heavy (non-hydrogen) atoms. The Morgan fingerprint density at radius 2 is 2.33 bits per heavy atom. The maximum atomic E-state index is 5.67. The lowest BCUT2D eigenvalue weighted by atomic mass is 10.1. The Hall–Kier alpha value is -1.38. The van der Waals surface area contributed by atoms with Gasteiger partial charge in [-0.2, -0.15) is 0 Å². The van der Waals surface area contributed by atoms with E-state index < -0.39 is 0 Å². The van der Waals surface area contributed by atoms with E-state index in [0.717, 1.165) is 35.8 Å². The average molecular weight is 165 g/mol. The zero-order valence-electron chi connectivity index (χ0n) is 6.96. The zero-order valence-corrected chi connectivity index (χ0v) is 6.96. The van der Waals surface area contributed by atoms with Gasteiger partial charge in [-0.05, 0) is 6.07 Å². The monoisotopic (exact) mass is 165 g/mol. The van der Waals surface area contributed by atoms with E-state index in [2.05, 4.69) is 0 Å². The smallest absolute Gasteiger partial charge is 0.164 e. The second-order valence-corrected chi connectivity index (χ2v) is 2.81. The number of ether oxygens (including phenoxy) is 2. The molecule has 64 valence electrons. The van der Waals surface area contributed by atoms with Crippen molar-refractivity contribution in [3.8, 4) is 11.5 Å². The number of methoxy groups -OCH3 is 1. The summed E-state index contributed by atoms with van der Waals surface area (Å²) in [6.07, 6.45) is 0.927. The van der Waals surface area contributed by atoms with Crippen molar-refractivity contribution in [3.63, 3.8) is 0 Å². The van der Waals surface area contributed by atoms with Crippen LogP contribution in [0.1, 0.15) is 5.56 Å². The van der Waals surface area contributed by atoms with Gasteiger partial charge in [-0.25, -0.2) is 0 Å². The van der Waals surface area contributed by atoms with Gasteiger partial charge in [0.1, 0.15) is 0 Å².